The van der Waals surface area contributed by atoms with Crippen LogP contribution < -0.4 is 9.80 Å². The molecule has 7 heteroatoms. The fourth-order valence-electron chi connectivity index (χ4n) is 5.26. The van der Waals surface area contributed by atoms with E-state index in [1.807, 2.05) is 24.7 Å². The van der Waals surface area contributed by atoms with Crippen LogP contribution in [0.3, 0.4) is 0 Å². The average molecular weight is 494 g/mol. The summed E-state index contributed by atoms with van der Waals surface area (Å²) in [7, 11) is 0. The highest BCUT2D eigenvalue weighted by Gasteiger charge is 2.22. The normalized spacial score (nSPS) is 16.8. The van der Waals surface area contributed by atoms with E-state index in [9.17, 15) is 4.79 Å². The standard InChI is InChI=1S/C30H31N5O2/c36-29(24-9-17-37-18-10-24)19-22-1-3-23(4-2-22)25-5-6-27-28(20-25)33-30(21-32-27)35-15-13-34(14-16-35)26-7-11-31-12-8-26/h1-8,11-12,20-21,24H,9-10,13-19H2. The molecule has 0 N–H and O–H groups in total. The number of hydrogen-bond acceptors (Lipinski definition) is 7. The molecule has 0 spiro atoms. The van der Waals surface area contributed by atoms with Crippen LogP contribution in [-0.4, -0.2) is 60.1 Å². The van der Waals surface area contributed by atoms with Crippen molar-refractivity contribution in [1.29, 1.82) is 0 Å². The number of aromatic nitrogens is 3. The third-order valence-electron chi connectivity index (χ3n) is 7.50. The Bertz CT molecular complexity index is 1360. The van der Waals surface area contributed by atoms with Crippen molar-refractivity contribution >= 4 is 28.3 Å². The molecule has 6 rings (SSSR count). The lowest BCUT2D eigenvalue weighted by atomic mass is 9.91. The first-order valence-corrected chi connectivity index (χ1v) is 13.1. The number of hydrogen-bond donors (Lipinski definition) is 0. The van der Waals surface area contributed by atoms with E-state index in [0.717, 1.165) is 72.6 Å². The molecule has 0 aliphatic carbocycles. The zero-order valence-corrected chi connectivity index (χ0v) is 20.9. The molecule has 2 saturated heterocycles. The van der Waals surface area contributed by atoms with Gasteiger partial charge in [-0.05, 0) is 53.8 Å². The fourth-order valence-corrected chi connectivity index (χ4v) is 5.26. The summed E-state index contributed by atoms with van der Waals surface area (Å²) in [5.74, 6) is 1.38. The molecule has 188 valence electrons. The molecule has 4 heterocycles. The molecule has 0 radical (unpaired) electrons. The average Bonchev–Trinajstić information content (AvgIpc) is 2.98. The summed E-state index contributed by atoms with van der Waals surface area (Å²) in [5, 5.41) is 0. The third kappa shape index (κ3) is 5.32. The molecule has 0 bridgehead atoms. The van der Waals surface area contributed by atoms with Gasteiger partial charge in [-0.15, -0.1) is 0 Å². The molecule has 0 atom stereocenters. The quantitative estimate of drug-likeness (QED) is 0.390. The lowest BCUT2D eigenvalue weighted by Gasteiger charge is -2.36. The highest BCUT2D eigenvalue weighted by molar-refractivity contribution is 5.84. The maximum absolute atomic E-state index is 12.6. The molecule has 37 heavy (non-hydrogen) atoms. The Morgan fingerprint density at radius 2 is 1.54 bits per heavy atom. The van der Waals surface area contributed by atoms with E-state index in [2.05, 4.69) is 68.3 Å². The number of anilines is 2. The largest absolute Gasteiger partial charge is 0.381 e. The topological polar surface area (TPSA) is 71.5 Å². The molecule has 0 amide bonds. The molecule has 2 aliphatic rings. The van der Waals surface area contributed by atoms with Gasteiger partial charge in [0, 0.05) is 69.8 Å². The Balaban J connectivity index is 1.14. The van der Waals surface area contributed by atoms with Gasteiger partial charge in [0.15, 0.2) is 0 Å². The van der Waals surface area contributed by atoms with Crippen molar-refractivity contribution in [2.45, 2.75) is 19.3 Å². The molecular weight excluding hydrogens is 462 g/mol. The van der Waals surface area contributed by atoms with E-state index in [1.165, 1.54) is 5.69 Å². The second-order valence-corrected chi connectivity index (χ2v) is 9.84. The minimum absolute atomic E-state index is 0.139. The number of nitrogens with zero attached hydrogens (tertiary/aromatic N) is 5. The van der Waals surface area contributed by atoms with Crippen LogP contribution in [0.15, 0.2) is 73.2 Å². The molecule has 0 saturated carbocycles. The number of carbonyl (C=O) groups excluding carboxylic acids is 1. The van der Waals surface area contributed by atoms with Gasteiger partial charge in [0.25, 0.3) is 0 Å². The zero-order chi connectivity index (χ0) is 25.0. The van der Waals surface area contributed by atoms with Gasteiger partial charge in [0.2, 0.25) is 0 Å². The Labute approximate surface area is 217 Å². The second kappa shape index (κ2) is 10.6. The van der Waals surface area contributed by atoms with Crippen molar-refractivity contribution in [2.75, 3.05) is 49.2 Å². The summed E-state index contributed by atoms with van der Waals surface area (Å²) in [6.07, 6.45) is 7.75. The van der Waals surface area contributed by atoms with E-state index in [-0.39, 0.29) is 5.92 Å². The monoisotopic (exact) mass is 493 g/mol. The highest BCUT2D eigenvalue weighted by atomic mass is 16.5. The number of ketones is 1. The maximum Gasteiger partial charge on any atom is 0.147 e. The lowest BCUT2D eigenvalue weighted by molar-refractivity contribution is -0.125. The van der Waals surface area contributed by atoms with Crippen molar-refractivity contribution in [3.63, 3.8) is 0 Å². The first-order valence-electron chi connectivity index (χ1n) is 13.1. The van der Waals surface area contributed by atoms with Crippen molar-refractivity contribution in [3.8, 4) is 11.1 Å². The Morgan fingerprint density at radius 1 is 0.838 bits per heavy atom. The van der Waals surface area contributed by atoms with Gasteiger partial charge in [-0.3, -0.25) is 14.8 Å². The molecular formula is C30H31N5O2. The summed E-state index contributed by atoms with van der Waals surface area (Å²) in [6.45, 7) is 5.07. The number of benzene rings is 2. The third-order valence-corrected chi connectivity index (χ3v) is 7.50. The number of rotatable bonds is 6. The minimum atomic E-state index is 0.139. The Hall–Kier alpha value is -3.84. The van der Waals surface area contributed by atoms with Crippen molar-refractivity contribution in [2.24, 2.45) is 5.92 Å². The van der Waals surface area contributed by atoms with Gasteiger partial charge in [0.1, 0.15) is 11.6 Å². The highest BCUT2D eigenvalue weighted by Crippen LogP contribution is 2.26. The summed E-state index contributed by atoms with van der Waals surface area (Å²) >= 11 is 0. The van der Waals surface area contributed by atoms with E-state index in [4.69, 9.17) is 9.72 Å². The Morgan fingerprint density at radius 3 is 2.30 bits per heavy atom. The van der Waals surface area contributed by atoms with E-state index < -0.39 is 0 Å². The van der Waals surface area contributed by atoms with Crippen LogP contribution in [0.2, 0.25) is 0 Å². The van der Waals surface area contributed by atoms with Crippen LogP contribution in [0.25, 0.3) is 22.2 Å². The molecule has 4 aromatic rings. The smallest absolute Gasteiger partial charge is 0.147 e. The van der Waals surface area contributed by atoms with Crippen LogP contribution >= 0.6 is 0 Å². The molecule has 2 aromatic carbocycles. The van der Waals surface area contributed by atoms with Crippen molar-refractivity contribution < 1.29 is 9.53 Å². The van der Waals surface area contributed by atoms with Crippen LogP contribution in [0.1, 0.15) is 18.4 Å². The summed E-state index contributed by atoms with van der Waals surface area (Å²) in [5.41, 5.74) is 6.27. The van der Waals surface area contributed by atoms with E-state index >= 15 is 0 Å². The SMILES string of the molecule is O=C(Cc1ccc(-c2ccc3ncc(N4CCN(c5ccncc5)CC4)nc3c2)cc1)C1CCOCC1. The second-order valence-electron chi connectivity index (χ2n) is 9.84. The lowest BCUT2D eigenvalue weighted by Crippen LogP contribution is -2.46. The minimum Gasteiger partial charge on any atom is -0.381 e. The van der Waals surface area contributed by atoms with Gasteiger partial charge in [-0.1, -0.05) is 30.3 Å². The number of ether oxygens (including phenoxy) is 1. The van der Waals surface area contributed by atoms with Crippen LogP contribution in [0.4, 0.5) is 11.5 Å². The van der Waals surface area contributed by atoms with Gasteiger partial charge in [-0.2, -0.15) is 0 Å². The predicted octanol–water partition coefficient (Wildman–Crippen LogP) is 4.56. The molecule has 2 aliphatic heterocycles. The first kappa shape index (κ1) is 23.6. The van der Waals surface area contributed by atoms with Crippen LogP contribution in [0, 0.1) is 5.92 Å². The number of Topliss-reactive ketones (excluding diaryl/α,β-unsaturated/α-hetero) is 1. The van der Waals surface area contributed by atoms with E-state index in [0.29, 0.717) is 25.4 Å². The van der Waals surface area contributed by atoms with Crippen molar-refractivity contribution in [3.05, 3.63) is 78.8 Å². The Kier molecular flexibility index (Phi) is 6.78. The zero-order valence-electron chi connectivity index (χ0n) is 20.9. The van der Waals surface area contributed by atoms with Gasteiger partial charge in [-0.25, -0.2) is 4.98 Å². The predicted molar refractivity (Wildman–Crippen MR) is 146 cm³/mol. The number of carbonyl (C=O) groups is 1. The molecule has 2 aromatic heterocycles. The van der Waals surface area contributed by atoms with E-state index in [1.54, 1.807) is 0 Å². The van der Waals surface area contributed by atoms with Gasteiger partial charge < -0.3 is 14.5 Å². The summed E-state index contributed by atoms with van der Waals surface area (Å²) in [4.78, 5) is 31.1. The van der Waals surface area contributed by atoms with Gasteiger partial charge >= 0.3 is 0 Å². The van der Waals surface area contributed by atoms with Crippen LogP contribution in [0.5, 0.6) is 0 Å². The summed E-state index contributed by atoms with van der Waals surface area (Å²) < 4.78 is 5.39. The first-order chi connectivity index (χ1) is 18.2. The maximum atomic E-state index is 12.6. The fraction of sp³-hybridized carbons (Fsp3) is 0.333. The van der Waals surface area contributed by atoms with Gasteiger partial charge in [0.05, 0.1) is 17.2 Å². The summed E-state index contributed by atoms with van der Waals surface area (Å²) in [6, 6.07) is 18.7. The molecule has 7 nitrogen and oxygen atoms in total. The molecule has 0 unspecified atom stereocenters. The number of pyridine rings is 1. The number of fused-ring (bicyclic) bond motifs is 1. The van der Waals surface area contributed by atoms with Crippen molar-refractivity contribution in [1.82, 2.24) is 15.0 Å². The van der Waals surface area contributed by atoms with Crippen LogP contribution in [-0.2, 0) is 16.0 Å². The number of piperazine rings is 1. The molecule has 2 fully saturated rings.